The van der Waals surface area contributed by atoms with E-state index < -0.39 is 5.60 Å². The van der Waals surface area contributed by atoms with E-state index in [1.165, 1.54) is 0 Å². The van der Waals surface area contributed by atoms with Crippen molar-refractivity contribution in [3.63, 3.8) is 0 Å². The number of rotatable bonds is 5. The summed E-state index contributed by atoms with van der Waals surface area (Å²) in [7, 11) is 0. The first-order valence-electron chi connectivity index (χ1n) is 6.70. The predicted molar refractivity (Wildman–Crippen MR) is 79.8 cm³/mol. The zero-order valence-electron chi connectivity index (χ0n) is 11.2. The van der Waals surface area contributed by atoms with E-state index in [1.807, 2.05) is 36.4 Å². The molecule has 19 heavy (non-hydrogen) atoms. The number of aliphatic hydroxyl groups is 1. The quantitative estimate of drug-likeness (QED) is 0.793. The van der Waals surface area contributed by atoms with Crippen molar-refractivity contribution in [3.8, 4) is 0 Å². The van der Waals surface area contributed by atoms with Gasteiger partial charge in [0.25, 0.3) is 0 Å². The van der Waals surface area contributed by atoms with Crippen LogP contribution in [0, 0.1) is 0 Å². The van der Waals surface area contributed by atoms with Crippen molar-refractivity contribution in [2.75, 3.05) is 6.54 Å². The molecule has 2 rings (SSSR count). The first kappa shape index (κ1) is 13.8. The highest BCUT2D eigenvalue weighted by Crippen LogP contribution is 2.37. The molecule has 0 saturated carbocycles. The van der Waals surface area contributed by atoms with Crippen LogP contribution in [0.4, 0.5) is 0 Å². The van der Waals surface area contributed by atoms with Crippen LogP contribution in [0.2, 0.25) is 0 Å². The molecule has 2 nitrogen and oxygen atoms in total. The molecular weight excluding hydrogens is 234 g/mol. The molecule has 0 aliphatic carbocycles. The Morgan fingerprint density at radius 2 is 2.05 bits per heavy atom. The van der Waals surface area contributed by atoms with Gasteiger partial charge < -0.3 is 10.4 Å². The largest absolute Gasteiger partial charge is 0.379 e. The summed E-state index contributed by atoms with van der Waals surface area (Å²) in [6, 6.07) is 9.78. The Bertz CT molecular complexity index is 471. The van der Waals surface area contributed by atoms with Crippen molar-refractivity contribution in [2.24, 2.45) is 0 Å². The SMILES string of the molecule is C=C/C=C(\C=C)C(O)(c1ccccc1)C1CCCN1. The molecule has 2 atom stereocenters. The molecule has 0 radical (unpaired) electrons. The molecule has 1 saturated heterocycles. The van der Waals surface area contributed by atoms with Gasteiger partial charge in [0.15, 0.2) is 0 Å². The Kier molecular flexibility index (Phi) is 4.35. The van der Waals surface area contributed by atoms with Gasteiger partial charge in [0.05, 0.1) is 0 Å². The minimum atomic E-state index is -1.05. The zero-order chi connectivity index (χ0) is 13.7. The molecule has 100 valence electrons. The van der Waals surface area contributed by atoms with Crippen LogP contribution in [0.3, 0.4) is 0 Å². The molecular formula is C17H21NO. The van der Waals surface area contributed by atoms with Crippen LogP contribution in [0.5, 0.6) is 0 Å². The molecule has 0 aromatic heterocycles. The lowest BCUT2D eigenvalue weighted by Gasteiger charge is -2.36. The number of allylic oxidation sites excluding steroid dienone is 2. The van der Waals surface area contributed by atoms with E-state index in [4.69, 9.17) is 0 Å². The van der Waals surface area contributed by atoms with E-state index in [-0.39, 0.29) is 6.04 Å². The molecule has 2 heteroatoms. The van der Waals surface area contributed by atoms with E-state index >= 15 is 0 Å². The van der Waals surface area contributed by atoms with Crippen LogP contribution in [-0.2, 0) is 5.60 Å². The van der Waals surface area contributed by atoms with Gasteiger partial charge in [0.1, 0.15) is 5.60 Å². The van der Waals surface area contributed by atoms with Crippen molar-refractivity contribution >= 4 is 0 Å². The predicted octanol–water partition coefficient (Wildman–Crippen LogP) is 2.92. The topological polar surface area (TPSA) is 32.3 Å². The standard InChI is InChI=1S/C17H21NO/c1-3-9-14(4-2)17(19,16-12-8-13-18-16)15-10-6-5-7-11-15/h3-7,9-11,16,18-19H,1-2,8,12-13H2/b14-9+. The van der Waals surface area contributed by atoms with Crippen LogP contribution in [0.15, 0.2) is 67.3 Å². The molecule has 2 N–H and O–H groups in total. The van der Waals surface area contributed by atoms with Crippen LogP contribution < -0.4 is 5.32 Å². The van der Waals surface area contributed by atoms with Crippen LogP contribution >= 0.6 is 0 Å². The van der Waals surface area contributed by atoms with Gasteiger partial charge in [-0.25, -0.2) is 0 Å². The molecule has 1 heterocycles. The van der Waals surface area contributed by atoms with Gasteiger partial charge in [-0.3, -0.25) is 0 Å². The van der Waals surface area contributed by atoms with Crippen LogP contribution in [0.25, 0.3) is 0 Å². The van der Waals surface area contributed by atoms with Gasteiger partial charge in [0.2, 0.25) is 0 Å². The fourth-order valence-corrected chi connectivity index (χ4v) is 2.78. The molecule has 1 aromatic rings. The Labute approximate surface area is 115 Å². The van der Waals surface area contributed by atoms with Gasteiger partial charge in [-0.1, -0.05) is 61.7 Å². The van der Waals surface area contributed by atoms with Crippen LogP contribution in [-0.4, -0.2) is 17.7 Å². The van der Waals surface area contributed by atoms with Crippen molar-refractivity contribution in [1.82, 2.24) is 5.32 Å². The molecule has 1 aromatic carbocycles. The van der Waals surface area contributed by atoms with Gasteiger partial charge in [-0.2, -0.15) is 0 Å². The molecule has 0 spiro atoms. The third-order valence-electron chi connectivity index (χ3n) is 3.74. The molecule has 1 aliphatic rings. The second-order valence-electron chi connectivity index (χ2n) is 4.84. The highest BCUT2D eigenvalue weighted by Gasteiger charge is 2.41. The summed E-state index contributed by atoms with van der Waals surface area (Å²) in [4.78, 5) is 0. The summed E-state index contributed by atoms with van der Waals surface area (Å²) >= 11 is 0. The van der Waals surface area contributed by atoms with Gasteiger partial charge in [-0.15, -0.1) is 0 Å². The first-order chi connectivity index (χ1) is 9.23. The number of nitrogens with one attached hydrogen (secondary N) is 1. The molecule has 0 bridgehead atoms. The fraction of sp³-hybridized carbons (Fsp3) is 0.294. The second kappa shape index (κ2) is 6.00. The first-order valence-corrected chi connectivity index (χ1v) is 6.70. The molecule has 0 amide bonds. The van der Waals surface area contributed by atoms with Gasteiger partial charge in [0, 0.05) is 6.04 Å². The third-order valence-corrected chi connectivity index (χ3v) is 3.74. The average molecular weight is 255 g/mol. The van der Waals surface area contributed by atoms with Gasteiger partial charge in [-0.05, 0) is 30.5 Å². The van der Waals surface area contributed by atoms with E-state index in [1.54, 1.807) is 12.2 Å². The number of hydrogen-bond donors (Lipinski definition) is 2. The minimum absolute atomic E-state index is 0.0131. The van der Waals surface area contributed by atoms with Gasteiger partial charge >= 0.3 is 0 Å². The lowest BCUT2D eigenvalue weighted by atomic mass is 9.79. The Balaban J connectivity index is 2.51. The summed E-state index contributed by atoms with van der Waals surface area (Å²) in [5.74, 6) is 0. The third kappa shape index (κ3) is 2.55. The fourth-order valence-electron chi connectivity index (χ4n) is 2.78. The molecule has 2 unspecified atom stereocenters. The summed E-state index contributed by atoms with van der Waals surface area (Å²) in [6.45, 7) is 8.51. The maximum atomic E-state index is 11.3. The van der Waals surface area contributed by atoms with Crippen molar-refractivity contribution < 1.29 is 5.11 Å². The summed E-state index contributed by atoms with van der Waals surface area (Å²) in [5, 5.41) is 14.7. The summed E-state index contributed by atoms with van der Waals surface area (Å²) in [6.07, 6.45) is 7.28. The maximum Gasteiger partial charge on any atom is 0.130 e. The molecule has 1 fully saturated rings. The summed E-state index contributed by atoms with van der Waals surface area (Å²) in [5.41, 5.74) is 0.628. The zero-order valence-corrected chi connectivity index (χ0v) is 11.2. The minimum Gasteiger partial charge on any atom is -0.379 e. The lowest BCUT2D eigenvalue weighted by Crippen LogP contribution is -2.46. The Hall–Kier alpha value is -1.64. The maximum absolute atomic E-state index is 11.3. The van der Waals surface area contributed by atoms with E-state index in [0.717, 1.165) is 30.5 Å². The Morgan fingerprint density at radius 3 is 2.58 bits per heavy atom. The van der Waals surface area contributed by atoms with E-state index in [0.29, 0.717) is 0 Å². The lowest BCUT2D eigenvalue weighted by molar-refractivity contribution is 0.0436. The Morgan fingerprint density at radius 1 is 1.32 bits per heavy atom. The number of benzene rings is 1. The van der Waals surface area contributed by atoms with Crippen molar-refractivity contribution in [3.05, 3.63) is 72.9 Å². The normalized spacial score (nSPS) is 22.8. The monoisotopic (exact) mass is 255 g/mol. The van der Waals surface area contributed by atoms with E-state index in [9.17, 15) is 5.11 Å². The van der Waals surface area contributed by atoms with E-state index in [2.05, 4.69) is 18.5 Å². The second-order valence-corrected chi connectivity index (χ2v) is 4.84. The smallest absolute Gasteiger partial charge is 0.130 e. The molecule has 1 aliphatic heterocycles. The number of hydrogen-bond acceptors (Lipinski definition) is 2. The van der Waals surface area contributed by atoms with Crippen LogP contribution in [0.1, 0.15) is 18.4 Å². The highest BCUT2D eigenvalue weighted by atomic mass is 16.3. The van der Waals surface area contributed by atoms with Crippen molar-refractivity contribution in [2.45, 2.75) is 24.5 Å². The van der Waals surface area contributed by atoms with Crippen molar-refractivity contribution in [1.29, 1.82) is 0 Å². The average Bonchev–Trinajstić information content (AvgIpc) is 2.99. The summed E-state index contributed by atoms with van der Waals surface area (Å²) < 4.78 is 0. The highest BCUT2D eigenvalue weighted by molar-refractivity contribution is 5.41.